The van der Waals surface area contributed by atoms with Crippen molar-refractivity contribution in [1.82, 2.24) is 0 Å². The van der Waals surface area contributed by atoms with Crippen LogP contribution in [0.25, 0.3) is 0 Å². The minimum absolute atomic E-state index is 0.219. The van der Waals surface area contributed by atoms with Gasteiger partial charge >= 0.3 is 0 Å². The first-order valence-corrected chi connectivity index (χ1v) is 11.1. The number of rotatable bonds is 11. The molecule has 0 bridgehead atoms. The zero-order chi connectivity index (χ0) is 22.9. The second-order valence-electron chi connectivity index (χ2n) is 8.08. The first-order chi connectivity index (χ1) is 16.2. The molecular formula is C27H30O6. The molecule has 3 aromatic rings. The Balaban J connectivity index is 1.44. The number of hydrogen-bond donors (Lipinski definition) is 2. The molecule has 3 aromatic carbocycles. The highest BCUT2D eigenvalue weighted by Crippen LogP contribution is 2.28. The predicted octanol–water partition coefficient (Wildman–Crippen LogP) is 3.45. The molecule has 0 saturated carbocycles. The molecule has 6 heteroatoms. The number of aliphatic hydroxyl groups is 2. The van der Waals surface area contributed by atoms with Gasteiger partial charge in [-0.1, -0.05) is 91.0 Å². The lowest BCUT2D eigenvalue weighted by atomic mass is 10.1. The summed E-state index contributed by atoms with van der Waals surface area (Å²) in [5, 5.41) is 20.8. The van der Waals surface area contributed by atoms with Crippen molar-refractivity contribution in [3.05, 3.63) is 108 Å². The van der Waals surface area contributed by atoms with Gasteiger partial charge in [0, 0.05) is 0 Å². The maximum Gasteiger partial charge on any atom is 0.184 e. The molecule has 1 aliphatic heterocycles. The van der Waals surface area contributed by atoms with Gasteiger partial charge in [-0.2, -0.15) is 0 Å². The summed E-state index contributed by atoms with van der Waals surface area (Å²) in [6, 6.07) is 29.3. The van der Waals surface area contributed by atoms with E-state index in [9.17, 15) is 10.2 Å². The van der Waals surface area contributed by atoms with Crippen molar-refractivity contribution in [2.45, 2.75) is 50.5 Å². The van der Waals surface area contributed by atoms with Gasteiger partial charge in [0.25, 0.3) is 0 Å². The summed E-state index contributed by atoms with van der Waals surface area (Å²) in [6.07, 6.45) is -4.55. The Morgan fingerprint density at radius 2 is 1.21 bits per heavy atom. The van der Waals surface area contributed by atoms with Crippen LogP contribution in [0.4, 0.5) is 0 Å². The van der Waals surface area contributed by atoms with Crippen LogP contribution in [0.5, 0.6) is 0 Å². The molecule has 1 heterocycles. The van der Waals surface area contributed by atoms with Gasteiger partial charge in [-0.05, 0) is 16.7 Å². The Bertz CT molecular complexity index is 937. The van der Waals surface area contributed by atoms with Gasteiger partial charge in [0.2, 0.25) is 0 Å². The lowest BCUT2D eigenvalue weighted by Crippen LogP contribution is -2.44. The summed E-state index contributed by atoms with van der Waals surface area (Å²) < 4.78 is 23.8. The zero-order valence-electron chi connectivity index (χ0n) is 18.4. The fraction of sp³-hybridized carbons (Fsp3) is 0.333. The van der Waals surface area contributed by atoms with Crippen LogP contribution >= 0.6 is 0 Å². The van der Waals surface area contributed by atoms with E-state index in [2.05, 4.69) is 0 Å². The van der Waals surface area contributed by atoms with Crippen molar-refractivity contribution < 1.29 is 29.2 Å². The second-order valence-corrected chi connectivity index (χ2v) is 8.08. The van der Waals surface area contributed by atoms with Crippen LogP contribution in [-0.2, 0) is 38.8 Å². The van der Waals surface area contributed by atoms with E-state index in [1.807, 2.05) is 91.0 Å². The van der Waals surface area contributed by atoms with Crippen molar-refractivity contribution in [3.63, 3.8) is 0 Å². The molecule has 2 unspecified atom stereocenters. The van der Waals surface area contributed by atoms with Gasteiger partial charge in [0.1, 0.15) is 24.4 Å². The lowest BCUT2D eigenvalue weighted by Gasteiger charge is -2.28. The number of hydrogen-bond acceptors (Lipinski definition) is 6. The van der Waals surface area contributed by atoms with Crippen LogP contribution in [0, 0.1) is 0 Å². The molecule has 0 amide bonds. The summed E-state index contributed by atoms with van der Waals surface area (Å²) in [5.74, 6) is 0. The van der Waals surface area contributed by atoms with Gasteiger partial charge in [0.15, 0.2) is 6.29 Å². The summed E-state index contributed by atoms with van der Waals surface area (Å²) in [6.45, 7) is 1.26. The Morgan fingerprint density at radius 3 is 1.79 bits per heavy atom. The van der Waals surface area contributed by atoms with Crippen molar-refractivity contribution >= 4 is 0 Å². The van der Waals surface area contributed by atoms with Gasteiger partial charge in [-0.25, -0.2) is 0 Å². The maximum absolute atomic E-state index is 10.5. The standard InChI is InChI=1S/C27H30O6/c28-24-26(32-18-22-14-8-3-9-15-22)25(33-27(24)29)23(31-17-21-12-6-2-7-13-21)19-30-16-20-10-4-1-5-11-20/h1-15,23-29H,16-19H2/t23-,24-,25?,26-,27?/m1/s1. The predicted molar refractivity (Wildman–Crippen MR) is 123 cm³/mol. The highest BCUT2D eigenvalue weighted by Gasteiger charge is 2.48. The van der Waals surface area contributed by atoms with Crippen molar-refractivity contribution in [2.75, 3.05) is 6.61 Å². The number of benzene rings is 3. The Kier molecular flexibility index (Phi) is 8.60. The van der Waals surface area contributed by atoms with Crippen LogP contribution in [0.1, 0.15) is 16.7 Å². The molecule has 1 aliphatic rings. The molecule has 0 aromatic heterocycles. The third-order valence-electron chi connectivity index (χ3n) is 5.60. The van der Waals surface area contributed by atoms with Gasteiger partial charge in [-0.15, -0.1) is 0 Å². The van der Waals surface area contributed by atoms with Crippen LogP contribution < -0.4 is 0 Å². The first-order valence-electron chi connectivity index (χ1n) is 11.1. The average Bonchev–Trinajstić information content (AvgIpc) is 3.15. The molecule has 6 nitrogen and oxygen atoms in total. The fourth-order valence-electron chi connectivity index (χ4n) is 3.82. The molecule has 5 atom stereocenters. The second kappa shape index (κ2) is 12.0. The maximum atomic E-state index is 10.5. The normalized spacial score (nSPS) is 23.5. The number of aliphatic hydroxyl groups excluding tert-OH is 2. The Morgan fingerprint density at radius 1 is 0.697 bits per heavy atom. The smallest absolute Gasteiger partial charge is 0.184 e. The Hall–Kier alpha value is -2.58. The Labute approximate surface area is 194 Å². The van der Waals surface area contributed by atoms with E-state index in [0.717, 1.165) is 16.7 Å². The minimum Gasteiger partial charge on any atom is -0.385 e. The minimum atomic E-state index is -1.35. The van der Waals surface area contributed by atoms with Crippen LogP contribution in [0.15, 0.2) is 91.0 Å². The van der Waals surface area contributed by atoms with Crippen LogP contribution in [0.2, 0.25) is 0 Å². The van der Waals surface area contributed by atoms with E-state index in [1.165, 1.54) is 0 Å². The molecular weight excluding hydrogens is 420 g/mol. The molecule has 4 rings (SSSR count). The third-order valence-corrected chi connectivity index (χ3v) is 5.60. The molecule has 0 aliphatic carbocycles. The topological polar surface area (TPSA) is 77.4 Å². The zero-order valence-corrected chi connectivity index (χ0v) is 18.4. The number of ether oxygens (including phenoxy) is 4. The molecule has 33 heavy (non-hydrogen) atoms. The van der Waals surface area contributed by atoms with E-state index in [4.69, 9.17) is 18.9 Å². The van der Waals surface area contributed by atoms with Crippen LogP contribution in [-0.4, -0.2) is 47.5 Å². The van der Waals surface area contributed by atoms with E-state index < -0.39 is 30.7 Å². The van der Waals surface area contributed by atoms with Crippen LogP contribution in [0.3, 0.4) is 0 Å². The molecule has 0 radical (unpaired) electrons. The summed E-state index contributed by atoms with van der Waals surface area (Å²) in [4.78, 5) is 0. The SMILES string of the molecule is OC1OC([C@@H](COCc2ccccc2)OCc2ccccc2)[C@H](OCc2ccccc2)[C@H]1O. The van der Waals surface area contributed by atoms with Gasteiger partial charge in [-0.3, -0.25) is 0 Å². The highest BCUT2D eigenvalue weighted by atomic mass is 16.7. The average molecular weight is 451 g/mol. The van der Waals surface area contributed by atoms with Crippen molar-refractivity contribution in [3.8, 4) is 0 Å². The molecule has 174 valence electrons. The van der Waals surface area contributed by atoms with Gasteiger partial charge in [0.05, 0.1) is 26.4 Å². The van der Waals surface area contributed by atoms with Crippen molar-refractivity contribution in [2.24, 2.45) is 0 Å². The highest BCUT2D eigenvalue weighted by molar-refractivity contribution is 5.15. The van der Waals surface area contributed by atoms with Crippen molar-refractivity contribution in [1.29, 1.82) is 0 Å². The van der Waals surface area contributed by atoms with Gasteiger partial charge < -0.3 is 29.2 Å². The monoisotopic (exact) mass is 450 g/mol. The van der Waals surface area contributed by atoms with E-state index >= 15 is 0 Å². The summed E-state index contributed by atoms with van der Waals surface area (Å²) in [7, 11) is 0. The lowest BCUT2D eigenvalue weighted by molar-refractivity contribution is -0.170. The largest absolute Gasteiger partial charge is 0.385 e. The molecule has 2 N–H and O–H groups in total. The molecule has 1 saturated heterocycles. The quantitative estimate of drug-likeness (QED) is 0.466. The summed E-state index contributed by atoms with van der Waals surface area (Å²) >= 11 is 0. The van der Waals surface area contributed by atoms with E-state index in [-0.39, 0.29) is 13.2 Å². The fourth-order valence-corrected chi connectivity index (χ4v) is 3.82. The first kappa shape index (κ1) is 23.6. The third kappa shape index (κ3) is 6.71. The molecule has 0 spiro atoms. The summed E-state index contributed by atoms with van der Waals surface area (Å²) in [5.41, 5.74) is 3.02. The van der Waals surface area contributed by atoms with E-state index in [1.54, 1.807) is 0 Å². The van der Waals surface area contributed by atoms with E-state index in [0.29, 0.717) is 13.2 Å². The molecule has 1 fully saturated rings.